The summed E-state index contributed by atoms with van der Waals surface area (Å²) in [5.74, 6) is 0.840. The van der Waals surface area contributed by atoms with Crippen molar-refractivity contribution in [1.29, 1.82) is 0 Å². The van der Waals surface area contributed by atoms with Gasteiger partial charge in [0.25, 0.3) is 0 Å². The van der Waals surface area contributed by atoms with Crippen molar-refractivity contribution in [2.45, 2.75) is 27.7 Å². The number of methoxy groups -OCH3 is 4. The number of carbonyl (C=O) groups excluding carboxylic acids is 2. The summed E-state index contributed by atoms with van der Waals surface area (Å²) in [4.78, 5) is 29.9. The molecule has 11 heteroatoms. The van der Waals surface area contributed by atoms with Crippen LogP contribution in [0.1, 0.15) is 48.7 Å². The van der Waals surface area contributed by atoms with Crippen LogP contribution in [-0.4, -0.2) is 73.8 Å². The van der Waals surface area contributed by atoms with Crippen LogP contribution in [-0.2, 0) is 9.47 Å². The standard InChI is InChI=1S/C12H17NO4.C8H9NO4.C4H10O/c1-8(2)7-17-11-6-13-9(12(14)16-4)5-10(11)15-3;1-12-7-3-5(8(11)13-2)9-4-6(7)10;1-4(2)3-5/h5-6,8H,7H2,1-4H3;3-4,10H,1-2H3;4-5H,3H2,1-2H3. The lowest BCUT2D eigenvalue weighted by molar-refractivity contribution is 0.0584. The first kappa shape index (κ1) is 31.4. The minimum atomic E-state index is -0.571. The number of esters is 2. The number of ether oxygens (including phenoxy) is 5. The van der Waals surface area contributed by atoms with Gasteiger partial charge in [0.2, 0.25) is 0 Å². The zero-order chi connectivity index (χ0) is 27.0. The van der Waals surface area contributed by atoms with Gasteiger partial charge in [0.15, 0.2) is 34.4 Å². The number of aliphatic hydroxyl groups is 1. The minimum absolute atomic E-state index is 0.0946. The Morgan fingerprint density at radius 1 is 0.800 bits per heavy atom. The molecule has 0 atom stereocenters. The van der Waals surface area contributed by atoms with Crippen LogP contribution in [0.15, 0.2) is 24.5 Å². The molecule has 0 aliphatic heterocycles. The Morgan fingerprint density at radius 2 is 1.26 bits per heavy atom. The first-order chi connectivity index (χ1) is 16.5. The number of aliphatic hydroxyl groups excluding tert-OH is 1. The number of nitrogens with zero attached hydrogens (tertiary/aromatic N) is 2. The maximum absolute atomic E-state index is 11.3. The third-order valence-electron chi connectivity index (χ3n) is 3.84. The third kappa shape index (κ3) is 11.9. The molecule has 0 unspecified atom stereocenters. The maximum Gasteiger partial charge on any atom is 0.356 e. The second-order valence-corrected chi connectivity index (χ2v) is 7.73. The number of pyridine rings is 2. The highest BCUT2D eigenvalue weighted by atomic mass is 16.5. The van der Waals surface area contributed by atoms with Gasteiger partial charge in [-0.25, -0.2) is 19.6 Å². The molecule has 0 amide bonds. The molecule has 0 bridgehead atoms. The predicted molar refractivity (Wildman–Crippen MR) is 128 cm³/mol. The van der Waals surface area contributed by atoms with Crippen molar-refractivity contribution in [1.82, 2.24) is 9.97 Å². The average molecular weight is 497 g/mol. The molecule has 0 aliphatic carbocycles. The molecule has 0 aliphatic rings. The summed E-state index contributed by atoms with van der Waals surface area (Å²) in [5, 5.41) is 17.3. The Kier molecular flexibility index (Phi) is 15.2. The van der Waals surface area contributed by atoms with Crippen molar-refractivity contribution in [3.8, 4) is 23.0 Å². The summed E-state index contributed by atoms with van der Waals surface area (Å²) >= 11 is 0. The summed E-state index contributed by atoms with van der Waals surface area (Å²) in [6, 6.07) is 2.81. The van der Waals surface area contributed by atoms with Gasteiger partial charge in [0.05, 0.1) is 47.4 Å². The molecule has 0 fully saturated rings. The second-order valence-electron chi connectivity index (χ2n) is 7.73. The Morgan fingerprint density at radius 3 is 1.66 bits per heavy atom. The molecule has 0 saturated heterocycles. The van der Waals surface area contributed by atoms with Crippen molar-refractivity contribution < 1.29 is 43.5 Å². The fourth-order valence-electron chi connectivity index (χ4n) is 1.97. The van der Waals surface area contributed by atoms with Gasteiger partial charge in [-0.2, -0.15) is 0 Å². The van der Waals surface area contributed by atoms with Crippen molar-refractivity contribution >= 4 is 11.9 Å². The molecule has 196 valence electrons. The number of aromatic nitrogens is 2. The number of hydrogen-bond donors (Lipinski definition) is 2. The quantitative estimate of drug-likeness (QED) is 0.520. The van der Waals surface area contributed by atoms with E-state index in [1.54, 1.807) is 0 Å². The normalized spacial score (nSPS) is 9.80. The lowest BCUT2D eigenvalue weighted by Crippen LogP contribution is -2.08. The van der Waals surface area contributed by atoms with Gasteiger partial charge in [-0.15, -0.1) is 0 Å². The van der Waals surface area contributed by atoms with Gasteiger partial charge >= 0.3 is 11.9 Å². The monoisotopic (exact) mass is 496 g/mol. The highest BCUT2D eigenvalue weighted by molar-refractivity contribution is 5.88. The molecular weight excluding hydrogens is 460 g/mol. The molecule has 2 aromatic heterocycles. The van der Waals surface area contributed by atoms with Crippen molar-refractivity contribution in [2.24, 2.45) is 11.8 Å². The highest BCUT2D eigenvalue weighted by Gasteiger charge is 2.13. The number of hydrogen-bond acceptors (Lipinski definition) is 11. The van der Waals surface area contributed by atoms with Crippen LogP contribution in [0.25, 0.3) is 0 Å². The number of carbonyl (C=O) groups is 2. The molecule has 2 aromatic rings. The summed E-state index contributed by atoms with van der Waals surface area (Å²) < 4.78 is 24.5. The van der Waals surface area contributed by atoms with Crippen molar-refractivity contribution in [2.75, 3.05) is 41.7 Å². The number of aromatic hydroxyl groups is 1. The van der Waals surface area contributed by atoms with Gasteiger partial charge in [-0.1, -0.05) is 27.7 Å². The third-order valence-corrected chi connectivity index (χ3v) is 3.84. The Labute approximate surface area is 206 Å². The lowest BCUT2D eigenvalue weighted by Gasteiger charge is -2.12. The molecule has 0 spiro atoms. The molecular formula is C24H36N2O9. The van der Waals surface area contributed by atoms with E-state index < -0.39 is 11.9 Å². The molecule has 0 radical (unpaired) electrons. The van der Waals surface area contributed by atoms with Crippen LogP contribution < -0.4 is 14.2 Å². The van der Waals surface area contributed by atoms with Gasteiger partial charge < -0.3 is 33.9 Å². The smallest absolute Gasteiger partial charge is 0.356 e. The SMILES string of the molecule is CC(C)CO.COC(=O)c1cc(OC)c(O)cn1.COC(=O)c1cc(OC)c(OCC(C)C)cn1. The van der Waals surface area contributed by atoms with E-state index in [0.29, 0.717) is 36.5 Å². The van der Waals surface area contributed by atoms with Crippen LogP contribution in [0, 0.1) is 11.8 Å². The summed E-state index contributed by atoms with van der Waals surface area (Å²) in [6.45, 7) is 8.90. The lowest BCUT2D eigenvalue weighted by atomic mass is 10.2. The summed E-state index contributed by atoms with van der Waals surface area (Å²) in [6.07, 6.45) is 2.60. The Hall–Kier alpha value is -3.60. The Bertz CT molecular complexity index is 918. The molecule has 35 heavy (non-hydrogen) atoms. The maximum atomic E-state index is 11.3. The zero-order valence-corrected chi connectivity index (χ0v) is 21.5. The van der Waals surface area contributed by atoms with E-state index in [9.17, 15) is 9.59 Å². The molecule has 11 nitrogen and oxygen atoms in total. The molecule has 0 saturated carbocycles. The van der Waals surface area contributed by atoms with E-state index in [0.717, 1.165) is 6.20 Å². The largest absolute Gasteiger partial charge is 0.503 e. The highest BCUT2D eigenvalue weighted by Crippen LogP contribution is 2.27. The Balaban J connectivity index is 0.000000567. The second kappa shape index (κ2) is 16.9. The summed E-state index contributed by atoms with van der Waals surface area (Å²) in [5.41, 5.74) is 0.290. The molecule has 2 rings (SSSR count). The van der Waals surface area contributed by atoms with Gasteiger partial charge in [-0.3, -0.25) is 0 Å². The van der Waals surface area contributed by atoms with Crippen LogP contribution >= 0.6 is 0 Å². The first-order valence-corrected chi connectivity index (χ1v) is 10.7. The van der Waals surface area contributed by atoms with Crippen molar-refractivity contribution in [3.63, 3.8) is 0 Å². The first-order valence-electron chi connectivity index (χ1n) is 10.7. The predicted octanol–water partition coefficient (Wildman–Crippen LogP) is 3.13. The summed E-state index contributed by atoms with van der Waals surface area (Å²) in [7, 11) is 5.46. The average Bonchev–Trinajstić information content (AvgIpc) is 2.87. The van der Waals surface area contributed by atoms with Crippen LogP contribution in [0.2, 0.25) is 0 Å². The molecule has 2 N–H and O–H groups in total. The van der Waals surface area contributed by atoms with E-state index in [1.807, 2.05) is 27.7 Å². The van der Waals surface area contributed by atoms with Crippen LogP contribution in [0.4, 0.5) is 0 Å². The van der Waals surface area contributed by atoms with E-state index in [1.165, 1.54) is 46.8 Å². The van der Waals surface area contributed by atoms with Crippen LogP contribution in [0.5, 0.6) is 23.0 Å². The number of rotatable bonds is 8. The molecule has 0 aromatic carbocycles. The fourth-order valence-corrected chi connectivity index (χ4v) is 1.97. The molecule has 2 heterocycles. The van der Waals surface area contributed by atoms with Gasteiger partial charge in [-0.05, 0) is 11.8 Å². The van der Waals surface area contributed by atoms with Crippen molar-refractivity contribution in [3.05, 3.63) is 35.9 Å². The fraction of sp³-hybridized carbons (Fsp3) is 0.500. The van der Waals surface area contributed by atoms with Gasteiger partial charge in [0, 0.05) is 18.7 Å². The van der Waals surface area contributed by atoms with Crippen LogP contribution in [0.3, 0.4) is 0 Å². The van der Waals surface area contributed by atoms with Gasteiger partial charge in [0.1, 0.15) is 0 Å². The minimum Gasteiger partial charge on any atom is -0.503 e. The van der Waals surface area contributed by atoms with E-state index in [-0.39, 0.29) is 22.9 Å². The van der Waals surface area contributed by atoms with E-state index >= 15 is 0 Å². The van der Waals surface area contributed by atoms with E-state index in [2.05, 4.69) is 19.4 Å². The topological polar surface area (TPSA) is 147 Å². The van der Waals surface area contributed by atoms with E-state index in [4.69, 9.17) is 24.4 Å². The zero-order valence-electron chi connectivity index (χ0n) is 21.5.